The molecule has 0 fully saturated rings. The quantitative estimate of drug-likeness (QED) is 0.793. The first-order chi connectivity index (χ1) is 8.43. The highest BCUT2D eigenvalue weighted by Crippen LogP contribution is 2.28. The number of hydrogen-bond donors (Lipinski definition) is 1. The van der Waals surface area contributed by atoms with Gasteiger partial charge in [0.25, 0.3) is 0 Å². The molecule has 0 amide bonds. The minimum atomic E-state index is -0.473. The largest absolute Gasteiger partial charge is 0.327 e. The van der Waals surface area contributed by atoms with Crippen LogP contribution in [-0.4, -0.2) is 11.8 Å². The van der Waals surface area contributed by atoms with Crippen LogP contribution in [0.15, 0.2) is 17.0 Å². The highest BCUT2D eigenvalue weighted by molar-refractivity contribution is 7.99. The number of nitrogens with two attached hydrogens (primary N) is 1. The molecule has 0 aliphatic rings. The Morgan fingerprint density at radius 3 is 2.22 bits per heavy atom. The van der Waals surface area contributed by atoms with Crippen LogP contribution in [0.3, 0.4) is 0 Å². The summed E-state index contributed by atoms with van der Waals surface area (Å²) in [6.45, 7) is 6.01. The molecule has 0 aliphatic carbocycles. The zero-order valence-corrected chi connectivity index (χ0v) is 12.0. The van der Waals surface area contributed by atoms with E-state index in [2.05, 4.69) is 0 Å². The third-order valence-corrected chi connectivity index (χ3v) is 4.15. The molecule has 0 aromatic heterocycles. The molecular weight excluding hydrogens is 252 g/mol. The lowest BCUT2D eigenvalue weighted by molar-refractivity contribution is 0.533. The van der Waals surface area contributed by atoms with Gasteiger partial charge in [0.1, 0.15) is 11.6 Å². The third-order valence-electron chi connectivity index (χ3n) is 2.64. The molecule has 18 heavy (non-hydrogen) atoms. The monoisotopic (exact) mass is 273 g/mol. The van der Waals surface area contributed by atoms with Crippen molar-refractivity contribution in [3.05, 3.63) is 29.3 Å². The van der Waals surface area contributed by atoms with E-state index in [9.17, 15) is 8.78 Å². The van der Waals surface area contributed by atoms with E-state index < -0.39 is 11.6 Å². The predicted molar refractivity (Wildman–Crippen MR) is 73.9 cm³/mol. The summed E-state index contributed by atoms with van der Waals surface area (Å²) in [5.41, 5.74) is 6.42. The summed E-state index contributed by atoms with van der Waals surface area (Å²) < 4.78 is 27.6. The van der Waals surface area contributed by atoms with Crippen LogP contribution in [-0.2, 0) is 6.42 Å². The summed E-state index contributed by atoms with van der Waals surface area (Å²) in [5.74, 6) is 0.168. The molecule has 4 heteroatoms. The molecule has 1 aromatic carbocycles. The molecule has 1 nitrogen and oxygen atoms in total. The number of benzene rings is 1. The fourth-order valence-corrected chi connectivity index (χ4v) is 2.46. The molecule has 0 aliphatic heterocycles. The highest BCUT2D eigenvalue weighted by Gasteiger charge is 2.13. The average molecular weight is 273 g/mol. The van der Waals surface area contributed by atoms with Gasteiger partial charge < -0.3 is 5.73 Å². The van der Waals surface area contributed by atoms with Gasteiger partial charge in [-0.05, 0) is 36.5 Å². The Morgan fingerprint density at radius 2 is 1.78 bits per heavy atom. The summed E-state index contributed by atoms with van der Waals surface area (Å²) in [4.78, 5) is 0.123. The molecule has 0 spiro atoms. The van der Waals surface area contributed by atoms with Crippen molar-refractivity contribution in [3.63, 3.8) is 0 Å². The number of thioether (sulfide) groups is 1. The van der Waals surface area contributed by atoms with Crippen molar-refractivity contribution in [3.8, 4) is 0 Å². The Hall–Kier alpha value is -0.610. The average Bonchev–Trinajstić information content (AvgIpc) is 2.27. The van der Waals surface area contributed by atoms with Crippen molar-refractivity contribution in [1.82, 2.24) is 0 Å². The van der Waals surface area contributed by atoms with E-state index in [1.807, 2.05) is 20.8 Å². The van der Waals surface area contributed by atoms with Crippen LogP contribution in [0.5, 0.6) is 0 Å². The lowest BCUT2D eigenvalue weighted by atomic mass is 10.0. The molecule has 1 rings (SSSR count). The molecule has 0 saturated carbocycles. The summed E-state index contributed by atoms with van der Waals surface area (Å²) in [6, 6.07) is 2.76. The SMILES string of the molecule is CCC(N)Cc1cc(F)c(SCC(C)C)c(F)c1. The Balaban J connectivity index is 2.83. The predicted octanol–water partition coefficient (Wildman–Crippen LogP) is 3.99. The van der Waals surface area contributed by atoms with E-state index in [0.29, 0.717) is 23.7 Å². The van der Waals surface area contributed by atoms with Crippen LogP contribution in [0.25, 0.3) is 0 Å². The van der Waals surface area contributed by atoms with Gasteiger partial charge in [-0.1, -0.05) is 20.8 Å². The minimum absolute atomic E-state index is 0.0435. The molecular formula is C14H21F2NS. The summed E-state index contributed by atoms with van der Waals surface area (Å²) >= 11 is 1.23. The molecule has 0 saturated heterocycles. The molecule has 1 aromatic rings. The van der Waals surface area contributed by atoms with Crippen molar-refractivity contribution in [2.75, 3.05) is 5.75 Å². The molecule has 1 atom stereocenters. The maximum atomic E-state index is 13.8. The first-order valence-corrected chi connectivity index (χ1v) is 7.28. The smallest absolute Gasteiger partial charge is 0.140 e. The van der Waals surface area contributed by atoms with Crippen LogP contribution >= 0.6 is 11.8 Å². The third kappa shape index (κ3) is 4.58. The first kappa shape index (κ1) is 15.4. The topological polar surface area (TPSA) is 26.0 Å². The van der Waals surface area contributed by atoms with Crippen LogP contribution in [0.2, 0.25) is 0 Å². The maximum Gasteiger partial charge on any atom is 0.140 e. The van der Waals surface area contributed by atoms with Crippen molar-refractivity contribution in [2.45, 2.75) is 44.6 Å². The fourth-order valence-electron chi connectivity index (χ4n) is 1.57. The number of halogens is 2. The molecule has 1 unspecified atom stereocenters. The van der Waals surface area contributed by atoms with Gasteiger partial charge in [-0.3, -0.25) is 0 Å². The van der Waals surface area contributed by atoms with Gasteiger partial charge in [-0.25, -0.2) is 8.78 Å². The molecule has 0 heterocycles. The van der Waals surface area contributed by atoms with Gasteiger partial charge in [0.15, 0.2) is 0 Å². The van der Waals surface area contributed by atoms with Crippen molar-refractivity contribution in [2.24, 2.45) is 11.7 Å². The fraction of sp³-hybridized carbons (Fsp3) is 0.571. The summed E-state index contributed by atoms with van der Waals surface area (Å²) in [7, 11) is 0. The Kier molecular flexibility index (Phi) is 6.09. The first-order valence-electron chi connectivity index (χ1n) is 6.30. The standard InChI is InChI=1S/C14H21F2NS/c1-4-11(17)5-10-6-12(15)14(13(16)7-10)18-8-9(2)3/h6-7,9,11H,4-5,8,17H2,1-3H3. The molecule has 2 N–H and O–H groups in total. The zero-order valence-electron chi connectivity index (χ0n) is 11.2. The number of hydrogen-bond acceptors (Lipinski definition) is 2. The second kappa shape index (κ2) is 7.10. The Bertz CT molecular complexity index is 370. The highest BCUT2D eigenvalue weighted by atomic mass is 32.2. The molecule has 0 bridgehead atoms. The lowest BCUT2D eigenvalue weighted by Gasteiger charge is -2.12. The van der Waals surface area contributed by atoms with Gasteiger partial charge in [0.05, 0.1) is 4.90 Å². The summed E-state index contributed by atoms with van der Waals surface area (Å²) in [5, 5.41) is 0. The second-order valence-corrected chi connectivity index (χ2v) is 6.00. The van der Waals surface area contributed by atoms with Gasteiger partial charge >= 0.3 is 0 Å². The van der Waals surface area contributed by atoms with Crippen LogP contribution in [0.4, 0.5) is 8.78 Å². The van der Waals surface area contributed by atoms with E-state index in [4.69, 9.17) is 5.73 Å². The second-order valence-electron chi connectivity index (χ2n) is 4.97. The Morgan fingerprint density at radius 1 is 1.22 bits per heavy atom. The van der Waals surface area contributed by atoms with E-state index in [1.165, 1.54) is 23.9 Å². The van der Waals surface area contributed by atoms with E-state index >= 15 is 0 Å². The molecule has 0 radical (unpaired) electrons. The summed E-state index contributed by atoms with van der Waals surface area (Å²) in [6.07, 6.45) is 1.31. The zero-order chi connectivity index (χ0) is 13.7. The molecule has 102 valence electrons. The van der Waals surface area contributed by atoms with Crippen LogP contribution < -0.4 is 5.73 Å². The normalized spacial score (nSPS) is 13.1. The van der Waals surface area contributed by atoms with E-state index in [0.717, 1.165) is 6.42 Å². The maximum absolute atomic E-state index is 13.8. The lowest BCUT2D eigenvalue weighted by Crippen LogP contribution is -2.21. The van der Waals surface area contributed by atoms with Crippen LogP contribution in [0.1, 0.15) is 32.8 Å². The van der Waals surface area contributed by atoms with Crippen molar-refractivity contribution in [1.29, 1.82) is 0 Å². The minimum Gasteiger partial charge on any atom is -0.327 e. The number of rotatable bonds is 6. The van der Waals surface area contributed by atoms with Gasteiger partial charge in [-0.2, -0.15) is 0 Å². The van der Waals surface area contributed by atoms with Crippen molar-refractivity contribution >= 4 is 11.8 Å². The van der Waals surface area contributed by atoms with Gasteiger partial charge in [0.2, 0.25) is 0 Å². The van der Waals surface area contributed by atoms with Crippen molar-refractivity contribution < 1.29 is 8.78 Å². The van der Waals surface area contributed by atoms with E-state index in [1.54, 1.807) is 0 Å². The Labute approximate surface area is 112 Å². The van der Waals surface area contributed by atoms with Gasteiger partial charge in [0, 0.05) is 11.8 Å². The van der Waals surface area contributed by atoms with Crippen LogP contribution in [0, 0.1) is 17.6 Å². The van der Waals surface area contributed by atoms with Gasteiger partial charge in [-0.15, -0.1) is 11.8 Å². The van der Waals surface area contributed by atoms with E-state index in [-0.39, 0.29) is 10.9 Å².